The third kappa shape index (κ3) is 2.08. The molecule has 2 rings (SSSR count). The molecule has 1 aliphatic carbocycles. The molecule has 1 aromatic rings. The Kier molecular flexibility index (Phi) is 3.51. The summed E-state index contributed by atoms with van der Waals surface area (Å²) in [7, 11) is 1.34. The smallest absolute Gasteiger partial charge is 0.310 e. The molecule has 0 aliphatic heterocycles. The van der Waals surface area contributed by atoms with E-state index in [0.29, 0.717) is 10.0 Å². The van der Waals surface area contributed by atoms with Gasteiger partial charge in [-0.05, 0) is 33.6 Å². The lowest BCUT2D eigenvalue weighted by Crippen LogP contribution is -2.03. The summed E-state index contributed by atoms with van der Waals surface area (Å²) in [6.07, 6.45) is 0. The highest BCUT2D eigenvalue weighted by Crippen LogP contribution is 2.65. The normalized spacial score (nSPS) is 24.7. The fourth-order valence-corrected chi connectivity index (χ4v) is 3.44. The van der Waals surface area contributed by atoms with Gasteiger partial charge < -0.3 is 9.84 Å². The minimum absolute atomic E-state index is 0.0565. The maximum atomic E-state index is 13.7. The summed E-state index contributed by atoms with van der Waals surface area (Å²) in [5.41, 5.74) is 0.428. The summed E-state index contributed by atoms with van der Waals surface area (Å²) in [5, 5.41) is 8.96. The maximum Gasteiger partial charge on any atom is 0.310 e. The zero-order valence-electron chi connectivity index (χ0n) is 9.08. The van der Waals surface area contributed by atoms with Crippen LogP contribution in [0.3, 0.4) is 0 Å². The van der Waals surface area contributed by atoms with Crippen molar-refractivity contribution in [2.75, 3.05) is 7.11 Å². The molecule has 0 radical (unpaired) electrons. The van der Waals surface area contributed by atoms with Gasteiger partial charge in [0, 0.05) is 5.92 Å². The lowest BCUT2D eigenvalue weighted by Gasteiger charge is -2.08. The molecule has 3 nitrogen and oxygen atoms in total. The van der Waals surface area contributed by atoms with Crippen LogP contribution in [-0.2, 0) is 4.79 Å². The average Bonchev–Trinajstić information content (AvgIpc) is 2.81. The fraction of sp³-hybridized carbons (Fsp3) is 0.364. The van der Waals surface area contributed by atoms with E-state index in [1.54, 1.807) is 6.07 Å². The number of benzene rings is 1. The van der Waals surface area contributed by atoms with E-state index in [1.165, 1.54) is 13.2 Å². The van der Waals surface area contributed by atoms with Gasteiger partial charge in [-0.1, -0.05) is 23.2 Å². The number of methoxy groups -OCH3 is 1. The van der Waals surface area contributed by atoms with E-state index in [2.05, 4.69) is 15.9 Å². The number of rotatable bonds is 3. The van der Waals surface area contributed by atoms with Gasteiger partial charge in [0.1, 0.15) is 4.33 Å². The zero-order chi connectivity index (χ0) is 13.7. The molecule has 1 aliphatic rings. The Morgan fingerprint density at radius 2 is 2.17 bits per heavy atom. The van der Waals surface area contributed by atoms with E-state index in [0.717, 1.165) is 0 Å². The quantitative estimate of drug-likeness (QED) is 0.841. The Bertz CT molecular complexity index is 498. The van der Waals surface area contributed by atoms with Crippen molar-refractivity contribution in [2.24, 2.45) is 5.92 Å². The van der Waals surface area contributed by atoms with E-state index < -0.39 is 28.0 Å². The first-order valence-corrected chi connectivity index (χ1v) is 6.49. The molecule has 18 heavy (non-hydrogen) atoms. The second kappa shape index (κ2) is 4.54. The third-order valence-electron chi connectivity index (χ3n) is 2.90. The van der Waals surface area contributed by atoms with Crippen LogP contribution >= 0.6 is 39.1 Å². The molecule has 2 atom stereocenters. The molecule has 1 saturated carbocycles. The molecule has 1 aromatic carbocycles. The number of aliphatic carboxylic acids is 1. The number of halogens is 4. The molecule has 1 N–H and O–H groups in total. The lowest BCUT2D eigenvalue weighted by atomic mass is 10.1. The Morgan fingerprint density at radius 1 is 1.56 bits per heavy atom. The molecule has 0 bridgehead atoms. The summed E-state index contributed by atoms with van der Waals surface area (Å²) in [4.78, 5) is 11.0. The summed E-state index contributed by atoms with van der Waals surface area (Å²) in [6, 6.07) is 2.76. The number of hydrogen-bond acceptors (Lipinski definition) is 2. The topological polar surface area (TPSA) is 46.5 Å². The Morgan fingerprint density at radius 3 is 2.56 bits per heavy atom. The van der Waals surface area contributed by atoms with Crippen molar-refractivity contribution in [1.29, 1.82) is 0 Å². The van der Waals surface area contributed by atoms with E-state index in [4.69, 9.17) is 33.0 Å². The van der Waals surface area contributed by atoms with Crippen molar-refractivity contribution in [3.63, 3.8) is 0 Å². The van der Waals surface area contributed by atoms with Crippen LogP contribution in [0.15, 0.2) is 16.6 Å². The SMILES string of the molecule is COc1c(F)cc(C2C(C(=O)O)C2(Cl)Cl)cc1Br. The van der Waals surface area contributed by atoms with Gasteiger partial charge in [0.05, 0.1) is 17.5 Å². The van der Waals surface area contributed by atoms with Crippen LogP contribution in [0.5, 0.6) is 5.75 Å². The predicted octanol–water partition coefficient (Wildman–Crippen LogP) is 3.57. The van der Waals surface area contributed by atoms with Crippen LogP contribution < -0.4 is 4.74 Å². The van der Waals surface area contributed by atoms with Crippen molar-refractivity contribution in [1.82, 2.24) is 0 Å². The van der Waals surface area contributed by atoms with Crippen LogP contribution in [0.2, 0.25) is 0 Å². The first-order chi connectivity index (χ1) is 8.30. The highest BCUT2D eigenvalue weighted by atomic mass is 79.9. The van der Waals surface area contributed by atoms with Gasteiger partial charge in [-0.25, -0.2) is 4.39 Å². The molecule has 0 saturated heterocycles. The monoisotopic (exact) mass is 356 g/mol. The number of hydrogen-bond donors (Lipinski definition) is 1. The fourth-order valence-electron chi connectivity index (χ4n) is 2.00. The zero-order valence-corrected chi connectivity index (χ0v) is 12.2. The average molecular weight is 358 g/mol. The molecular weight excluding hydrogens is 350 g/mol. The van der Waals surface area contributed by atoms with E-state index in [1.807, 2.05) is 0 Å². The molecule has 0 amide bonds. The molecule has 0 spiro atoms. The van der Waals surface area contributed by atoms with Gasteiger partial charge in [0.2, 0.25) is 0 Å². The van der Waals surface area contributed by atoms with Crippen LogP contribution in [-0.4, -0.2) is 22.5 Å². The standard InChI is InChI=1S/C11H8BrCl2FO3/c1-18-9-5(12)2-4(3-6(9)15)7-8(10(16)17)11(7,13)14/h2-3,7-8H,1H3,(H,16,17). The summed E-state index contributed by atoms with van der Waals surface area (Å²) in [5.74, 6) is -3.20. The van der Waals surface area contributed by atoms with E-state index in [-0.39, 0.29) is 5.75 Å². The molecule has 2 unspecified atom stereocenters. The molecule has 98 valence electrons. The number of ether oxygens (including phenoxy) is 1. The van der Waals surface area contributed by atoms with Gasteiger partial charge in [-0.2, -0.15) is 0 Å². The van der Waals surface area contributed by atoms with Crippen LogP contribution in [0.1, 0.15) is 11.5 Å². The second-order valence-electron chi connectivity index (χ2n) is 3.99. The van der Waals surface area contributed by atoms with Gasteiger partial charge >= 0.3 is 5.97 Å². The molecule has 0 aromatic heterocycles. The van der Waals surface area contributed by atoms with Crippen molar-refractivity contribution in [2.45, 2.75) is 10.3 Å². The molecule has 1 fully saturated rings. The van der Waals surface area contributed by atoms with Crippen LogP contribution in [0.25, 0.3) is 0 Å². The van der Waals surface area contributed by atoms with Crippen molar-refractivity contribution in [3.8, 4) is 5.75 Å². The lowest BCUT2D eigenvalue weighted by molar-refractivity contribution is -0.138. The van der Waals surface area contributed by atoms with Gasteiger partial charge in [-0.3, -0.25) is 4.79 Å². The van der Waals surface area contributed by atoms with Crippen molar-refractivity contribution >= 4 is 45.1 Å². The second-order valence-corrected chi connectivity index (χ2v) is 6.28. The third-order valence-corrected chi connectivity index (χ3v) is 4.43. The number of carboxylic acids is 1. The Balaban J connectivity index is 2.40. The van der Waals surface area contributed by atoms with Gasteiger partial charge in [0.15, 0.2) is 11.6 Å². The maximum absolute atomic E-state index is 13.7. The molecule has 7 heteroatoms. The largest absolute Gasteiger partial charge is 0.492 e. The minimum atomic E-state index is -1.40. The molecular formula is C11H8BrCl2FO3. The molecule has 0 heterocycles. The number of carbonyl (C=O) groups is 1. The summed E-state index contributed by atoms with van der Waals surface area (Å²) >= 11 is 14.9. The minimum Gasteiger partial charge on any atom is -0.492 e. The number of carboxylic acid groups (broad SMARTS) is 1. The Hall–Kier alpha value is -0.520. The Labute approximate surface area is 121 Å². The summed E-state index contributed by atoms with van der Waals surface area (Å²) in [6.45, 7) is 0. The first-order valence-electron chi connectivity index (χ1n) is 4.94. The van der Waals surface area contributed by atoms with Crippen molar-refractivity contribution < 1.29 is 19.0 Å². The van der Waals surface area contributed by atoms with Crippen LogP contribution in [0.4, 0.5) is 4.39 Å². The predicted molar refractivity (Wildman–Crippen MR) is 69.0 cm³/mol. The first kappa shape index (κ1) is 13.9. The summed E-state index contributed by atoms with van der Waals surface area (Å²) < 4.78 is 17.5. The highest BCUT2D eigenvalue weighted by Gasteiger charge is 2.68. The van der Waals surface area contributed by atoms with Crippen molar-refractivity contribution in [3.05, 3.63) is 28.0 Å². The van der Waals surface area contributed by atoms with E-state index in [9.17, 15) is 9.18 Å². The highest BCUT2D eigenvalue weighted by molar-refractivity contribution is 9.10. The van der Waals surface area contributed by atoms with Gasteiger partial charge in [-0.15, -0.1) is 0 Å². The number of alkyl halides is 2. The van der Waals surface area contributed by atoms with Gasteiger partial charge in [0.25, 0.3) is 0 Å². The van der Waals surface area contributed by atoms with Crippen LogP contribution in [0, 0.1) is 11.7 Å². The van der Waals surface area contributed by atoms with E-state index >= 15 is 0 Å².